The van der Waals surface area contributed by atoms with Crippen LogP contribution >= 0.6 is 23.4 Å². The summed E-state index contributed by atoms with van der Waals surface area (Å²) in [6, 6.07) is 15.2. The molecule has 1 unspecified atom stereocenters. The molecule has 3 aromatic carbocycles. The van der Waals surface area contributed by atoms with Gasteiger partial charge in [-0.3, -0.25) is 9.69 Å². The number of rotatable bonds is 3. The normalized spacial score (nSPS) is 19.1. The molecule has 1 N–H and O–H groups in total. The molecule has 174 valence electrons. The average molecular weight is 500 g/mol. The lowest BCUT2D eigenvalue weighted by Gasteiger charge is -2.33. The molecule has 5 nitrogen and oxygen atoms in total. The number of hydrogen-bond donors (Lipinski definition) is 1. The predicted octanol–water partition coefficient (Wildman–Crippen LogP) is 5.91. The maximum Gasteiger partial charge on any atom is 0.323 e. The van der Waals surface area contributed by atoms with E-state index in [0.29, 0.717) is 34.3 Å². The molecule has 0 saturated carbocycles. The second-order valence-corrected chi connectivity index (χ2v) is 9.95. The van der Waals surface area contributed by atoms with Crippen LogP contribution in [0, 0.1) is 18.6 Å². The number of benzene rings is 3. The molecule has 34 heavy (non-hydrogen) atoms. The number of thioether (sulfide) groups is 1. The number of carbonyl (C=O) groups is 2. The Labute approximate surface area is 204 Å². The SMILES string of the molecule is Cc1ccc2c(c1)C1(SCCN1C(=O)Nc1ccc(Cl)cc1)C(=O)N2Cc1ccc(F)cc1F. The van der Waals surface area contributed by atoms with Gasteiger partial charge in [-0.1, -0.05) is 35.4 Å². The highest BCUT2D eigenvalue weighted by Crippen LogP contribution is 2.54. The Balaban J connectivity index is 1.53. The van der Waals surface area contributed by atoms with Crippen molar-refractivity contribution >= 4 is 46.7 Å². The Morgan fingerprint density at radius 1 is 1.12 bits per heavy atom. The fraction of sp³-hybridized carbons (Fsp3) is 0.200. The lowest BCUT2D eigenvalue weighted by Crippen LogP contribution is -2.51. The summed E-state index contributed by atoms with van der Waals surface area (Å²) < 4.78 is 27.9. The van der Waals surface area contributed by atoms with Gasteiger partial charge in [-0.15, -0.1) is 11.8 Å². The van der Waals surface area contributed by atoms with Crippen LogP contribution in [0.15, 0.2) is 60.7 Å². The number of fused-ring (bicyclic) bond motifs is 2. The number of aryl methyl sites for hydroxylation is 1. The Morgan fingerprint density at radius 2 is 1.88 bits per heavy atom. The molecule has 3 aromatic rings. The molecule has 2 heterocycles. The van der Waals surface area contributed by atoms with Crippen molar-refractivity contribution < 1.29 is 18.4 Å². The summed E-state index contributed by atoms with van der Waals surface area (Å²) in [5.41, 5.74) is 2.98. The van der Waals surface area contributed by atoms with Crippen LogP contribution in [0.3, 0.4) is 0 Å². The molecule has 3 amide bonds. The zero-order chi connectivity index (χ0) is 24.0. The summed E-state index contributed by atoms with van der Waals surface area (Å²) in [5.74, 6) is -1.17. The van der Waals surface area contributed by atoms with Crippen LogP contribution in [-0.4, -0.2) is 29.1 Å². The van der Waals surface area contributed by atoms with Gasteiger partial charge in [0.25, 0.3) is 5.91 Å². The predicted molar refractivity (Wildman–Crippen MR) is 130 cm³/mol. The molecule has 1 spiro atoms. The van der Waals surface area contributed by atoms with E-state index in [1.54, 1.807) is 24.3 Å². The van der Waals surface area contributed by atoms with Crippen LogP contribution in [0.25, 0.3) is 0 Å². The highest BCUT2D eigenvalue weighted by Gasteiger charge is 2.59. The third kappa shape index (κ3) is 3.71. The minimum absolute atomic E-state index is 0.0735. The molecule has 1 fully saturated rings. The summed E-state index contributed by atoms with van der Waals surface area (Å²) in [6.45, 7) is 2.20. The van der Waals surface area contributed by atoms with Crippen LogP contribution in [0.2, 0.25) is 5.02 Å². The van der Waals surface area contributed by atoms with E-state index in [1.165, 1.54) is 33.7 Å². The van der Waals surface area contributed by atoms with E-state index >= 15 is 0 Å². The fourth-order valence-electron chi connectivity index (χ4n) is 4.43. The van der Waals surface area contributed by atoms with E-state index in [9.17, 15) is 18.4 Å². The van der Waals surface area contributed by atoms with Gasteiger partial charge < -0.3 is 10.2 Å². The van der Waals surface area contributed by atoms with Crippen LogP contribution in [0.5, 0.6) is 0 Å². The third-order valence-electron chi connectivity index (χ3n) is 6.03. The Kier molecular flexibility index (Phi) is 5.73. The van der Waals surface area contributed by atoms with Crippen LogP contribution in [0.4, 0.5) is 25.0 Å². The van der Waals surface area contributed by atoms with Crippen molar-refractivity contribution in [3.63, 3.8) is 0 Å². The van der Waals surface area contributed by atoms with E-state index in [1.807, 2.05) is 25.1 Å². The van der Waals surface area contributed by atoms with Crippen molar-refractivity contribution in [1.82, 2.24) is 4.90 Å². The number of nitrogens with zero attached hydrogens (tertiary/aromatic N) is 2. The molecule has 0 aromatic heterocycles. The molecule has 0 radical (unpaired) electrons. The zero-order valence-corrected chi connectivity index (χ0v) is 19.7. The van der Waals surface area contributed by atoms with Gasteiger partial charge in [0.2, 0.25) is 0 Å². The third-order valence-corrected chi connectivity index (χ3v) is 7.70. The fourth-order valence-corrected chi connectivity index (χ4v) is 6.01. The minimum Gasteiger partial charge on any atom is -0.308 e. The lowest BCUT2D eigenvalue weighted by molar-refractivity contribution is -0.123. The monoisotopic (exact) mass is 499 g/mol. The quantitative estimate of drug-likeness (QED) is 0.487. The molecule has 1 atom stereocenters. The Bertz CT molecular complexity index is 1300. The summed E-state index contributed by atoms with van der Waals surface area (Å²) in [5, 5.41) is 3.40. The van der Waals surface area contributed by atoms with Crippen LogP contribution < -0.4 is 10.2 Å². The number of urea groups is 1. The molecular weight excluding hydrogens is 480 g/mol. The van der Waals surface area contributed by atoms with Crippen LogP contribution in [0.1, 0.15) is 16.7 Å². The Hall–Kier alpha value is -3.10. The van der Waals surface area contributed by atoms with Gasteiger partial charge in [-0.25, -0.2) is 13.6 Å². The van der Waals surface area contributed by atoms with E-state index in [-0.39, 0.29) is 18.0 Å². The number of halogens is 3. The first-order valence-electron chi connectivity index (χ1n) is 10.6. The highest BCUT2D eigenvalue weighted by atomic mass is 35.5. The number of carbonyl (C=O) groups excluding carboxylic acids is 2. The molecule has 0 aliphatic carbocycles. The molecule has 5 rings (SSSR count). The number of nitrogens with one attached hydrogen (secondary N) is 1. The van der Waals surface area contributed by atoms with E-state index in [2.05, 4.69) is 5.32 Å². The van der Waals surface area contributed by atoms with Crippen molar-refractivity contribution in [1.29, 1.82) is 0 Å². The van der Waals surface area contributed by atoms with E-state index < -0.39 is 22.5 Å². The number of hydrogen-bond acceptors (Lipinski definition) is 3. The molecule has 1 saturated heterocycles. The van der Waals surface area contributed by atoms with Gasteiger partial charge in [0.15, 0.2) is 4.87 Å². The number of anilines is 2. The van der Waals surface area contributed by atoms with E-state index in [0.717, 1.165) is 11.6 Å². The van der Waals surface area contributed by atoms with Gasteiger partial charge in [0.05, 0.1) is 12.2 Å². The standard InChI is InChI=1S/C25H20ClF2N3O2S/c1-15-2-9-22-20(12-15)25(23(32)30(22)14-16-3-6-18(27)13-21(16)28)31(10-11-34-25)24(33)29-19-7-4-17(26)5-8-19/h2-9,12-13H,10-11,14H2,1H3,(H,29,33). The van der Waals surface area contributed by atoms with Gasteiger partial charge in [-0.2, -0.15) is 0 Å². The van der Waals surface area contributed by atoms with Crippen LogP contribution in [-0.2, 0) is 16.2 Å². The van der Waals surface area contributed by atoms with Gasteiger partial charge in [0, 0.05) is 40.2 Å². The zero-order valence-electron chi connectivity index (χ0n) is 18.1. The topological polar surface area (TPSA) is 52.7 Å². The summed E-state index contributed by atoms with van der Waals surface area (Å²) >= 11 is 7.32. The second kappa shape index (κ2) is 8.60. The first kappa shape index (κ1) is 22.7. The smallest absolute Gasteiger partial charge is 0.308 e. The molecule has 2 aliphatic rings. The van der Waals surface area contributed by atoms with Crippen molar-refractivity contribution in [3.05, 3.63) is 94.0 Å². The van der Waals surface area contributed by atoms with Gasteiger partial charge in [-0.05, 0) is 43.3 Å². The first-order valence-corrected chi connectivity index (χ1v) is 12.0. The van der Waals surface area contributed by atoms with Gasteiger partial charge >= 0.3 is 6.03 Å². The highest BCUT2D eigenvalue weighted by molar-refractivity contribution is 8.01. The average Bonchev–Trinajstić information content (AvgIpc) is 3.34. The summed E-state index contributed by atoms with van der Waals surface area (Å²) in [4.78, 5) is 29.1. The molecule has 0 bridgehead atoms. The second-order valence-electron chi connectivity index (χ2n) is 8.23. The lowest BCUT2D eigenvalue weighted by atomic mass is 10.0. The molecule has 9 heteroatoms. The summed E-state index contributed by atoms with van der Waals surface area (Å²) in [6.07, 6.45) is 0. The van der Waals surface area contributed by atoms with E-state index in [4.69, 9.17) is 11.6 Å². The van der Waals surface area contributed by atoms with Gasteiger partial charge in [0.1, 0.15) is 11.6 Å². The Morgan fingerprint density at radius 3 is 2.62 bits per heavy atom. The number of amides is 3. The van der Waals surface area contributed by atoms with Crippen molar-refractivity contribution in [2.45, 2.75) is 18.3 Å². The first-order chi connectivity index (χ1) is 16.3. The summed E-state index contributed by atoms with van der Waals surface area (Å²) in [7, 11) is 0. The van der Waals surface area contributed by atoms with Crippen molar-refractivity contribution in [2.75, 3.05) is 22.5 Å². The van der Waals surface area contributed by atoms with Crippen molar-refractivity contribution in [2.24, 2.45) is 0 Å². The maximum atomic E-state index is 14.4. The molecular formula is C25H20ClF2N3O2S. The minimum atomic E-state index is -1.27. The maximum absolute atomic E-state index is 14.4. The largest absolute Gasteiger partial charge is 0.323 e. The van der Waals surface area contributed by atoms with Crippen molar-refractivity contribution in [3.8, 4) is 0 Å². The molecule has 2 aliphatic heterocycles.